The van der Waals surface area contributed by atoms with Gasteiger partial charge in [-0.3, -0.25) is 4.79 Å². The average molecular weight is 212 g/mol. The Morgan fingerprint density at radius 3 is 2.80 bits per heavy atom. The van der Waals surface area contributed by atoms with Gasteiger partial charge < -0.3 is 15.8 Å². The molecule has 4 nitrogen and oxygen atoms in total. The molecular formula is C11H20N2O2. The van der Waals surface area contributed by atoms with Gasteiger partial charge in [-0.1, -0.05) is 0 Å². The second-order valence-electron chi connectivity index (χ2n) is 4.63. The first-order chi connectivity index (χ1) is 7.20. The number of hydrogen-bond acceptors (Lipinski definition) is 3. The number of carbonyl (C=O) groups excluding carboxylic acids is 1. The van der Waals surface area contributed by atoms with Crippen molar-refractivity contribution in [3.8, 4) is 0 Å². The van der Waals surface area contributed by atoms with Gasteiger partial charge in [-0.15, -0.1) is 0 Å². The summed E-state index contributed by atoms with van der Waals surface area (Å²) >= 11 is 0. The molecule has 0 aromatic carbocycles. The van der Waals surface area contributed by atoms with E-state index >= 15 is 0 Å². The van der Waals surface area contributed by atoms with Crippen LogP contribution in [0.3, 0.4) is 0 Å². The highest BCUT2D eigenvalue weighted by Gasteiger charge is 2.40. The van der Waals surface area contributed by atoms with Crippen LogP contribution in [0, 0.1) is 5.92 Å². The Morgan fingerprint density at radius 1 is 1.53 bits per heavy atom. The summed E-state index contributed by atoms with van der Waals surface area (Å²) in [4.78, 5) is 11.6. The molecule has 3 N–H and O–H groups in total. The summed E-state index contributed by atoms with van der Waals surface area (Å²) in [6.45, 7) is 2.65. The predicted molar refractivity (Wildman–Crippen MR) is 57.3 cm³/mol. The van der Waals surface area contributed by atoms with Crippen LogP contribution in [-0.4, -0.2) is 30.7 Å². The van der Waals surface area contributed by atoms with Crippen LogP contribution in [0.4, 0.5) is 0 Å². The zero-order valence-corrected chi connectivity index (χ0v) is 9.24. The third kappa shape index (κ3) is 2.69. The molecule has 0 aliphatic heterocycles. The number of nitrogens with one attached hydrogen (secondary N) is 1. The Kier molecular flexibility index (Phi) is 3.26. The van der Waals surface area contributed by atoms with Crippen molar-refractivity contribution in [2.75, 3.05) is 6.61 Å². The van der Waals surface area contributed by atoms with Gasteiger partial charge in [-0.05, 0) is 32.1 Å². The molecule has 1 amide bonds. The van der Waals surface area contributed by atoms with Crippen LogP contribution in [-0.2, 0) is 9.53 Å². The smallest absolute Gasteiger partial charge is 0.220 e. The first-order valence-electron chi connectivity index (χ1n) is 5.87. The van der Waals surface area contributed by atoms with E-state index < -0.39 is 0 Å². The number of hydrogen-bond donors (Lipinski definition) is 2. The predicted octanol–water partition coefficient (Wildman–Crippen LogP) is 0.407. The minimum atomic E-state index is 0.0381. The fourth-order valence-corrected chi connectivity index (χ4v) is 2.06. The Morgan fingerprint density at radius 2 is 2.27 bits per heavy atom. The molecule has 3 atom stereocenters. The molecule has 0 bridgehead atoms. The number of rotatable bonds is 5. The summed E-state index contributed by atoms with van der Waals surface area (Å²) in [7, 11) is 0. The first-order valence-corrected chi connectivity index (χ1v) is 5.87. The third-order valence-corrected chi connectivity index (χ3v) is 3.25. The minimum Gasteiger partial charge on any atom is -0.376 e. The summed E-state index contributed by atoms with van der Waals surface area (Å²) in [5.41, 5.74) is 5.84. The van der Waals surface area contributed by atoms with E-state index in [-0.39, 0.29) is 24.1 Å². The molecule has 0 saturated heterocycles. The quantitative estimate of drug-likeness (QED) is 0.693. The number of amides is 1. The normalized spacial score (nSPS) is 34.7. The lowest BCUT2D eigenvalue weighted by Gasteiger charge is -2.42. The summed E-state index contributed by atoms with van der Waals surface area (Å²) in [6, 6.07) is 0.112. The Balaban J connectivity index is 1.73. The molecule has 0 aromatic rings. The number of nitrogens with two attached hydrogens (primary N) is 1. The van der Waals surface area contributed by atoms with Crippen molar-refractivity contribution >= 4 is 5.91 Å². The van der Waals surface area contributed by atoms with Crippen LogP contribution in [0.5, 0.6) is 0 Å². The largest absolute Gasteiger partial charge is 0.376 e. The van der Waals surface area contributed by atoms with Crippen LogP contribution in [0.15, 0.2) is 0 Å². The molecule has 0 heterocycles. The van der Waals surface area contributed by atoms with Crippen LogP contribution in [0.2, 0.25) is 0 Å². The van der Waals surface area contributed by atoms with Crippen LogP contribution >= 0.6 is 0 Å². The Hall–Kier alpha value is -0.610. The van der Waals surface area contributed by atoms with Gasteiger partial charge in [0.15, 0.2) is 0 Å². The summed E-state index contributed by atoms with van der Waals surface area (Å²) < 4.78 is 5.49. The standard InChI is InChI=1S/C11H20N2O2/c1-2-15-9-6-8(12)11(9)13-10(14)5-7-3-4-7/h7-9,11H,2-6,12H2,1H3,(H,13,14). The zero-order valence-electron chi connectivity index (χ0n) is 9.24. The van der Waals surface area contributed by atoms with Gasteiger partial charge in [0.25, 0.3) is 0 Å². The van der Waals surface area contributed by atoms with Crippen molar-refractivity contribution in [1.82, 2.24) is 5.32 Å². The van der Waals surface area contributed by atoms with Gasteiger partial charge in [0, 0.05) is 19.1 Å². The molecule has 2 fully saturated rings. The van der Waals surface area contributed by atoms with Gasteiger partial charge in [-0.2, -0.15) is 0 Å². The van der Waals surface area contributed by atoms with Crippen LogP contribution in [0.25, 0.3) is 0 Å². The highest BCUT2D eigenvalue weighted by molar-refractivity contribution is 5.77. The topological polar surface area (TPSA) is 64.3 Å². The summed E-state index contributed by atoms with van der Waals surface area (Å²) in [5.74, 6) is 0.772. The van der Waals surface area contributed by atoms with Crippen molar-refractivity contribution in [3.05, 3.63) is 0 Å². The Bertz CT molecular complexity index is 239. The van der Waals surface area contributed by atoms with Crippen molar-refractivity contribution in [2.45, 2.75) is 50.8 Å². The summed E-state index contributed by atoms with van der Waals surface area (Å²) in [6.07, 6.45) is 4.08. The second-order valence-corrected chi connectivity index (χ2v) is 4.63. The number of carbonyl (C=O) groups is 1. The average Bonchev–Trinajstić information content (AvgIpc) is 2.98. The van der Waals surface area contributed by atoms with Crippen LogP contribution in [0.1, 0.15) is 32.6 Å². The molecule has 2 aliphatic rings. The summed E-state index contributed by atoms with van der Waals surface area (Å²) in [5, 5.41) is 2.98. The van der Waals surface area contributed by atoms with E-state index in [9.17, 15) is 4.79 Å². The number of ether oxygens (including phenoxy) is 1. The fourth-order valence-electron chi connectivity index (χ4n) is 2.06. The molecular weight excluding hydrogens is 192 g/mol. The molecule has 0 radical (unpaired) electrons. The second kappa shape index (κ2) is 4.49. The van der Waals surface area contributed by atoms with Gasteiger partial charge in [-0.25, -0.2) is 0 Å². The lowest BCUT2D eigenvalue weighted by Crippen LogP contribution is -2.64. The first kappa shape index (κ1) is 10.9. The molecule has 2 aliphatic carbocycles. The maximum Gasteiger partial charge on any atom is 0.220 e. The van der Waals surface area contributed by atoms with Gasteiger partial charge >= 0.3 is 0 Å². The van der Waals surface area contributed by atoms with Crippen molar-refractivity contribution in [1.29, 1.82) is 0 Å². The van der Waals surface area contributed by atoms with E-state index in [0.717, 1.165) is 6.42 Å². The maximum atomic E-state index is 11.6. The Labute approximate surface area is 90.5 Å². The molecule has 3 unspecified atom stereocenters. The molecule has 2 rings (SSSR count). The molecule has 15 heavy (non-hydrogen) atoms. The van der Waals surface area contributed by atoms with Crippen molar-refractivity contribution in [2.24, 2.45) is 11.7 Å². The molecule has 0 aromatic heterocycles. The third-order valence-electron chi connectivity index (χ3n) is 3.25. The highest BCUT2D eigenvalue weighted by Crippen LogP contribution is 2.32. The minimum absolute atomic E-state index is 0.0381. The van der Waals surface area contributed by atoms with E-state index in [2.05, 4.69) is 5.32 Å². The molecule has 2 saturated carbocycles. The zero-order chi connectivity index (χ0) is 10.8. The van der Waals surface area contributed by atoms with Crippen LogP contribution < -0.4 is 11.1 Å². The molecule has 4 heteroatoms. The lowest BCUT2D eigenvalue weighted by atomic mass is 9.83. The van der Waals surface area contributed by atoms with Gasteiger partial charge in [0.2, 0.25) is 5.91 Å². The van der Waals surface area contributed by atoms with Gasteiger partial charge in [0.05, 0.1) is 12.1 Å². The maximum absolute atomic E-state index is 11.6. The molecule has 86 valence electrons. The molecule has 0 spiro atoms. The monoisotopic (exact) mass is 212 g/mol. The van der Waals surface area contributed by atoms with E-state index in [0.29, 0.717) is 18.9 Å². The fraction of sp³-hybridized carbons (Fsp3) is 0.909. The van der Waals surface area contributed by atoms with Gasteiger partial charge in [0.1, 0.15) is 0 Å². The van der Waals surface area contributed by atoms with E-state index in [1.54, 1.807) is 0 Å². The highest BCUT2D eigenvalue weighted by atomic mass is 16.5. The van der Waals surface area contributed by atoms with Crippen molar-refractivity contribution in [3.63, 3.8) is 0 Å². The van der Waals surface area contributed by atoms with E-state index in [4.69, 9.17) is 10.5 Å². The van der Waals surface area contributed by atoms with E-state index in [1.807, 2.05) is 6.92 Å². The van der Waals surface area contributed by atoms with E-state index in [1.165, 1.54) is 12.8 Å². The SMILES string of the molecule is CCOC1CC(N)C1NC(=O)CC1CC1. The van der Waals surface area contributed by atoms with Crippen molar-refractivity contribution < 1.29 is 9.53 Å². The lowest BCUT2D eigenvalue weighted by molar-refractivity contribution is -0.126.